The number of carbonyl (C=O) groups excluding carboxylic acids is 1. The predicted octanol–water partition coefficient (Wildman–Crippen LogP) is 2.71. The van der Waals surface area contributed by atoms with Crippen molar-refractivity contribution in [2.75, 3.05) is 22.5 Å². The molecule has 0 bridgehead atoms. The molecule has 3 N–H and O–H groups in total. The minimum absolute atomic E-state index is 0.146. The van der Waals surface area contributed by atoms with E-state index >= 15 is 0 Å². The van der Waals surface area contributed by atoms with Gasteiger partial charge in [-0.25, -0.2) is 14.8 Å². The van der Waals surface area contributed by atoms with Crippen LogP contribution in [0.2, 0.25) is 0 Å². The minimum Gasteiger partial charge on any atom is -0.370 e. The molecule has 9 nitrogen and oxygen atoms in total. The van der Waals surface area contributed by atoms with E-state index in [0.717, 1.165) is 12.4 Å². The molecule has 3 aromatic rings. The Morgan fingerprint density at radius 3 is 2.62 bits per heavy atom. The monoisotopic (exact) mass is 350 g/mol. The van der Waals surface area contributed by atoms with Gasteiger partial charge in [0.15, 0.2) is 5.82 Å². The van der Waals surface area contributed by atoms with Crippen molar-refractivity contribution in [3.63, 3.8) is 0 Å². The highest BCUT2D eigenvalue weighted by Crippen LogP contribution is 2.14. The first-order valence-electron chi connectivity index (χ1n) is 8.06. The van der Waals surface area contributed by atoms with E-state index in [4.69, 9.17) is 0 Å². The second-order valence-corrected chi connectivity index (χ2v) is 5.29. The molecular formula is C17H18N8O. The predicted molar refractivity (Wildman–Crippen MR) is 98.8 cm³/mol. The highest BCUT2D eigenvalue weighted by atomic mass is 16.2. The number of aromatic nitrogens is 5. The number of rotatable bonds is 5. The number of nitrogens with one attached hydrogen (secondary N) is 3. The lowest BCUT2D eigenvalue weighted by molar-refractivity contribution is 0.262. The Balaban J connectivity index is 1.70. The average molecular weight is 350 g/mol. The van der Waals surface area contributed by atoms with Gasteiger partial charge in [0.1, 0.15) is 17.3 Å². The van der Waals surface area contributed by atoms with Gasteiger partial charge in [-0.1, -0.05) is 6.07 Å². The van der Waals surface area contributed by atoms with Crippen LogP contribution in [0.25, 0.3) is 11.5 Å². The van der Waals surface area contributed by atoms with Crippen LogP contribution in [0, 0.1) is 6.92 Å². The molecule has 0 fully saturated rings. The quantitative estimate of drug-likeness (QED) is 0.647. The van der Waals surface area contributed by atoms with Crippen LogP contribution in [-0.2, 0) is 0 Å². The van der Waals surface area contributed by atoms with Crippen LogP contribution in [0.15, 0.2) is 42.7 Å². The highest BCUT2D eigenvalue weighted by molar-refractivity contribution is 5.98. The van der Waals surface area contributed by atoms with E-state index in [-0.39, 0.29) is 5.95 Å². The Kier molecular flexibility index (Phi) is 5.28. The molecule has 2 amide bonds. The summed E-state index contributed by atoms with van der Waals surface area (Å²) in [6.45, 7) is 4.48. The van der Waals surface area contributed by atoms with E-state index < -0.39 is 6.03 Å². The lowest BCUT2D eigenvalue weighted by atomic mass is 10.3. The molecule has 3 aromatic heterocycles. The number of hydrogen-bond acceptors (Lipinski definition) is 7. The summed E-state index contributed by atoms with van der Waals surface area (Å²) in [4.78, 5) is 33.2. The Labute approximate surface area is 150 Å². The van der Waals surface area contributed by atoms with Gasteiger partial charge in [-0.3, -0.25) is 10.3 Å². The maximum atomic E-state index is 12.2. The molecule has 0 radical (unpaired) electrons. The van der Waals surface area contributed by atoms with Crippen molar-refractivity contribution < 1.29 is 4.79 Å². The first-order chi connectivity index (χ1) is 12.6. The number of aryl methyl sites for hydroxylation is 1. The minimum atomic E-state index is -0.472. The Bertz CT molecular complexity index is 883. The lowest BCUT2D eigenvalue weighted by Crippen LogP contribution is -2.21. The van der Waals surface area contributed by atoms with Crippen molar-refractivity contribution in [2.24, 2.45) is 0 Å². The van der Waals surface area contributed by atoms with Gasteiger partial charge in [0.25, 0.3) is 0 Å². The molecule has 0 saturated carbocycles. The Hall–Kier alpha value is -3.62. The van der Waals surface area contributed by atoms with Crippen molar-refractivity contribution in [3.05, 3.63) is 48.5 Å². The molecule has 3 heterocycles. The number of pyridine rings is 2. The van der Waals surface area contributed by atoms with Crippen LogP contribution < -0.4 is 16.0 Å². The van der Waals surface area contributed by atoms with E-state index in [9.17, 15) is 4.79 Å². The Morgan fingerprint density at radius 2 is 1.92 bits per heavy atom. The fourth-order valence-electron chi connectivity index (χ4n) is 2.16. The Morgan fingerprint density at radius 1 is 1.04 bits per heavy atom. The molecule has 132 valence electrons. The first-order valence-corrected chi connectivity index (χ1v) is 8.06. The number of nitrogens with zero attached hydrogens (tertiary/aromatic N) is 5. The third-order valence-electron chi connectivity index (χ3n) is 3.25. The summed E-state index contributed by atoms with van der Waals surface area (Å²) in [5.74, 6) is 1.76. The van der Waals surface area contributed by atoms with Crippen molar-refractivity contribution in [2.45, 2.75) is 13.8 Å². The number of anilines is 3. The van der Waals surface area contributed by atoms with E-state index in [1.54, 1.807) is 43.6 Å². The van der Waals surface area contributed by atoms with Crippen LogP contribution in [0.5, 0.6) is 0 Å². The SMILES string of the molecule is CCNc1ccc(NC(=O)Nc2nc(C)nc(-c3ccccn3)n2)cn1. The van der Waals surface area contributed by atoms with Gasteiger partial charge in [-0.15, -0.1) is 0 Å². The molecule has 0 aromatic carbocycles. The van der Waals surface area contributed by atoms with Crippen LogP contribution in [0.4, 0.5) is 22.2 Å². The van der Waals surface area contributed by atoms with Gasteiger partial charge in [-0.2, -0.15) is 9.97 Å². The standard InChI is InChI=1S/C17H18N8O/c1-3-18-14-8-7-12(10-20-14)23-17(26)25-16-22-11(2)21-15(24-16)13-6-4-5-9-19-13/h4-10H,3H2,1-2H3,(H,18,20)(H2,21,22,23,24,25,26). The van der Waals surface area contributed by atoms with Crippen molar-refractivity contribution in [3.8, 4) is 11.5 Å². The van der Waals surface area contributed by atoms with Gasteiger partial charge < -0.3 is 10.6 Å². The third kappa shape index (κ3) is 4.47. The molecule has 3 rings (SSSR count). The first kappa shape index (κ1) is 17.2. The van der Waals surface area contributed by atoms with Gasteiger partial charge in [0.2, 0.25) is 5.95 Å². The normalized spacial score (nSPS) is 10.2. The molecule has 0 spiro atoms. The van der Waals surface area contributed by atoms with Gasteiger partial charge >= 0.3 is 6.03 Å². The molecule has 0 aliphatic rings. The molecule has 9 heteroatoms. The number of hydrogen-bond donors (Lipinski definition) is 3. The summed E-state index contributed by atoms with van der Waals surface area (Å²) in [7, 11) is 0. The number of amides is 2. The lowest BCUT2D eigenvalue weighted by Gasteiger charge is -2.08. The smallest absolute Gasteiger partial charge is 0.326 e. The second kappa shape index (κ2) is 7.97. The van der Waals surface area contributed by atoms with Crippen LogP contribution >= 0.6 is 0 Å². The zero-order valence-electron chi connectivity index (χ0n) is 14.4. The molecule has 26 heavy (non-hydrogen) atoms. The molecule has 0 aliphatic carbocycles. The summed E-state index contributed by atoms with van der Waals surface area (Å²) in [6.07, 6.45) is 3.22. The summed E-state index contributed by atoms with van der Waals surface area (Å²) in [5.41, 5.74) is 1.16. The van der Waals surface area contributed by atoms with E-state index in [1.165, 1.54) is 0 Å². The summed E-state index contributed by atoms with van der Waals surface area (Å²) >= 11 is 0. The average Bonchev–Trinajstić information content (AvgIpc) is 2.64. The van der Waals surface area contributed by atoms with E-state index in [1.807, 2.05) is 13.0 Å². The molecule has 0 atom stereocenters. The molecule has 0 unspecified atom stereocenters. The molecular weight excluding hydrogens is 332 g/mol. The maximum absolute atomic E-state index is 12.2. The topological polar surface area (TPSA) is 118 Å². The van der Waals surface area contributed by atoms with Gasteiger partial charge in [0, 0.05) is 12.7 Å². The highest BCUT2D eigenvalue weighted by Gasteiger charge is 2.10. The zero-order chi connectivity index (χ0) is 18.4. The van der Waals surface area contributed by atoms with Crippen LogP contribution in [0.1, 0.15) is 12.7 Å². The maximum Gasteiger partial charge on any atom is 0.326 e. The zero-order valence-corrected chi connectivity index (χ0v) is 14.4. The van der Waals surface area contributed by atoms with Gasteiger partial charge in [-0.05, 0) is 38.1 Å². The second-order valence-electron chi connectivity index (χ2n) is 5.29. The van der Waals surface area contributed by atoms with E-state index in [2.05, 4.69) is 40.9 Å². The summed E-state index contributed by atoms with van der Waals surface area (Å²) in [5, 5.41) is 8.36. The summed E-state index contributed by atoms with van der Waals surface area (Å²) < 4.78 is 0. The molecule has 0 aliphatic heterocycles. The van der Waals surface area contributed by atoms with Crippen molar-refractivity contribution >= 4 is 23.5 Å². The number of urea groups is 1. The summed E-state index contributed by atoms with van der Waals surface area (Å²) in [6, 6.07) is 8.50. The molecule has 0 saturated heterocycles. The van der Waals surface area contributed by atoms with Crippen molar-refractivity contribution in [1.82, 2.24) is 24.9 Å². The fraction of sp³-hybridized carbons (Fsp3) is 0.176. The van der Waals surface area contributed by atoms with Crippen LogP contribution in [-0.4, -0.2) is 37.5 Å². The van der Waals surface area contributed by atoms with E-state index in [0.29, 0.717) is 23.0 Å². The van der Waals surface area contributed by atoms with Crippen LogP contribution in [0.3, 0.4) is 0 Å². The third-order valence-corrected chi connectivity index (χ3v) is 3.25. The van der Waals surface area contributed by atoms with Crippen molar-refractivity contribution in [1.29, 1.82) is 0 Å². The fourth-order valence-corrected chi connectivity index (χ4v) is 2.16. The number of carbonyl (C=O) groups is 1. The largest absolute Gasteiger partial charge is 0.370 e. The van der Waals surface area contributed by atoms with Gasteiger partial charge in [0.05, 0.1) is 11.9 Å².